The minimum absolute atomic E-state index is 0. The lowest BCUT2D eigenvalue weighted by atomic mass is 9.28. The van der Waals surface area contributed by atoms with Crippen LogP contribution in [0.4, 0.5) is 4.70 Å². The lowest BCUT2D eigenvalue weighted by Crippen LogP contribution is -2.64. The van der Waals surface area contributed by atoms with Gasteiger partial charge in [-0.15, -0.1) is 47.3 Å². The maximum absolute atomic E-state index is 4.18. The number of aromatic amines is 1. The van der Waals surface area contributed by atoms with Crippen molar-refractivity contribution in [1.29, 1.82) is 0 Å². The normalized spacial score (nSPS) is 20.1. The molecule has 10 heteroatoms. The summed E-state index contributed by atoms with van der Waals surface area (Å²) in [5.41, 5.74) is 22.0. The van der Waals surface area contributed by atoms with Crippen LogP contribution in [0, 0.1) is 11.8 Å². The number of halogens is 4. The van der Waals surface area contributed by atoms with E-state index in [0.717, 1.165) is 0 Å². The maximum Gasteiger partial charge on any atom is 0.301 e. The average Bonchev–Trinajstić information content (AvgIpc) is 0.756. The van der Waals surface area contributed by atoms with E-state index in [1.807, 2.05) is 0 Å². The number of aromatic nitrogens is 2. The summed E-state index contributed by atoms with van der Waals surface area (Å²) in [6.45, 7) is 0.184. The van der Waals surface area contributed by atoms with Gasteiger partial charge in [0.25, 0.3) is 16.6 Å². The Labute approximate surface area is 525 Å². The van der Waals surface area contributed by atoms with Crippen LogP contribution in [-0.2, 0) is 10.8 Å². The highest BCUT2D eigenvalue weighted by Crippen LogP contribution is 2.61. The quantitative estimate of drug-likeness (QED) is 0.158. The Morgan fingerprint density at radius 2 is 0.682 bits per heavy atom. The van der Waals surface area contributed by atoms with Gasteiger partial charge in [0.15, 0.2) is 0 Å². The van der Waals surface area contributed by atoms with Gasteiger partial charge in [0.05, 0.1) is 5.41 Å². The third-order valence-corrected chi connectivity index (χ3v) is 22.5. The van der Waals surface area contributed by atoms with Crippen molar-refractivity contribution in [2.75, 3.05) is 0 Å². The Bertz CT molecular complexity index is 4400. The molecule has 0 radical (unpaired) electrons. The molecule has 18 rings (SSSR count). The minimum Gasteiger partial charge on any atom is -0.380 e. The molecule has 2 spiro atoms. The number of rotatable bonds is 1. The predicted molar refractivity (Wildman–Crippen MR) is 379 cm³/mol. The molecule has 2 aromatic heterocycles. The lowest BCUT2D eigenvalue weighted by molar-refractivity contribution is 0.280. The highest BCUT2D eigenvalue weighted by Gasteiger charge is 2.62. The van der Waals surface area contributed by atoms with Crippen molar-refractivity contribution in [2.45, 2.75) is 29.9 Å². The Morgan fingerprint density at radius 1 is 0.353 bits per heavy atom. The van der Waals surface area contributed by atoms with Crippen LogP contribution >= 0.6 is 47.3 Å². The van der Waals surface area contributed by atoms with E-state index < -0.39 is 0 Å². The van der Waals surface area contributed by atoms with Crippen LogP contribution in [0.3, 0.4) is 0 Å². The Morgan fingerprint density at radius 3 is 1.15 bits per heavy atom. The van der Waals surface area contributed by atoms with Crippen molar-refractivity contribution in [3.63, 3.8) is 0 Å². The van der Waals surface area contributed by atoms with Gasteiger partial charge in [0.2, 0.25) is 0 Å². The third kappa shape index (κ3) is 8.10. The van der Waals surface area contributed by atoms with Crippen molar-refractivity contribution in [3.05, 3.63) is 325 Å². The number of hydrogen-bond donors (Lipinski definition) is 1. The molecule has 0 saturated carbocycles. The van der Waals surface area contributed by atoms with Gasteiger partial charge in [-0.1, -0.05) is 307 Å². The molecule has 0 amide bonds. The molecule has 10 aromatic carbocycles. The van der Waals surface area contributed by atoms with Crippen molar-refractivity contribution in [3.8, 4) is 0 Å². The topological polar surface area (TPSA) is 20.7 Å². The molecule has 1 N–H and O–H groups in total. The first kappa shape index (κ1) is 55.3. The smallest absolute Gasteiger partial charge is 0.301 e. The predicted octanol–water partition coefficient (Wildman–Crippen LogP) is 15.7. The van der Waals surface area contributed by atoms with Gasteiger partial charge in [-0.25, -0.2) is 0 Å². The van der Waals surface area contributed by atoms with Crippen molar-refractivity contribution in [2.24, 2.45) is 11.8 Å². The molecule has 12 aromatic rings. The molecule has 6 aliphatic rings. The minimum atomic E-state index is -0.311. The first-order chi connectivity index (χ1) is 41.0. The van der Waals surface area contributed by atoms with E-state index in [4.69, 9.17) is 0 Å². The van der Waals surface area contributed by atoms with Gasteiger partial charge >= 0.3 is 6.85 Å². The maximum atomic E-state index is 4.18. The highest BCUT2D eigenvalue weighted by atomic mass is 79.9. The number of nitrogens with one attached hydrogen (secondary N) is 1. The van der Waals surface area contributed by atoms with E-state index in [2.05, 4.69) is 348 Å². The summed E-state index contributed by atoms with van der Waals surface area (Å²) in [5.74, 6) is 1.33. The fraction of sp³-hybridized carbons (Fsp3) is 0.0933. The van der Waals surface area contributed by atoms with E-state index in [9.17, 15) is 0 Å². The van der Waals surface area contributed by atoms with Gasteiger partial charge in [-0.05, 0) is 81.1 Å². The molecule has 0 fully saturated rings. The summed E-state index contributed by atoms with van der Waals surface area (Å²) in [6, 6.07) is 89.1. The number of hydrogen-bond acceptors (Lipinski definition) is 0. The summed E-state index contributed by atoms with van der Waals surface area (Å²) in [7, 11) is 0. The average molecular weight is 1290 g/mol. The fourth-order valence-corrected chi connectivity index (χ4v) is 18.8. The molecular formula is C75H60B4Br3FN2. The first-order valence-electron chi connectivity index (χ1n) is 29.1. The molecule has 4 aliphatic heterocycles. The summed E-state index contributed by atoms with van der Waals surface area (Å²) < 4.78 is 2.66. The molecule has 0 bridgehead atoms. The number of allylic oxidation sites excluding steroid dienone is 8. The van der Waals surface area contributed by atoms with E-state index >= 15 is 0 Å². The molecule has 5 atom stereocenters. The second-order valence-corrected chi connectivity index (χ2v) is 25.9. The molecule has 85 heavy (non-hydrogen) atoms. The van der Waals surface area contributed by atoms with E-state index in [0.29, 0.717) is 29.0 Å². The van der Waals surface area contributed by atoms with E-state index in [1.54, 1.807) is 0 Å². The summed E-state index contributed by atoms with van der Waals surface area (Å²) in [6.07, 6.45) is 19.1. The Balaban J connectivity index is 0.000000132. The standard InChI is InChI=1S/C37H28B2BrN.C25H16B2Br2.C12H9N.CH4.FH.H2/c40-38-31-19-7-3-15-27(31)37(28-16-4-8-20-32(28)38)29-17-5-9-21-33(29)39(34-22-10-6-18-30(34)37)41-35-23-11-1-13-25(35)26-14-2-12-24-36(26)41;28-26-21-13-5-1-9-17(21)25(18-10-2-6-14-22(18)26)19-11-3-7-15-23(19)27(29)24-16-8-4-12-20(24)25;1-3-7-11-9(5-1)10-6-2-4-8-12(10)13-11;;;/h1-24,27,29,31,33H;1-16H;1-8,13H;1H4;2*1H/i;;;;;1+1. The van der Waals surface area contributed by atoms with Gasteiger partial charge in [0, 0.05) is 50.5 Å². The number of para-hydroxylation sites is 4. The zero-order valence-electron chi connectivity index (χ0n) is 45.8. The number of fused-ring (bicyclic) bond motifs is 22. The van der Waals surface area contributed by atoms with Crippen LogP contribution in [0.2, 0.25) is 11.6 Å². The van der Waals surface area contributed by atoms with Crippen molar-refractivity contribution < 1.29 is 6.13 Å². The Kier molecular flexibility index (Phi) is 14.3. The molecule has 2 aliphatic carbocycles. The van der Waals surface area contributed by atoms with Crippen LogP contribution < -0.4 is 32.8 Å². The summed E-state index contributed by atoms with van der Waals surface area (Å²) in [4.78, 5) is 3.38. The largest absolute Gasteiger partial charge is 0.380 e. The third-order valence-electron chi connectivity index (χ3n) is 19.4. The number of benzene rings is 10. The fourth-order valence-electron chi connectivity index (χ4n) is 16.3. The van der Waals surface area contributed by atoms with Crippen molar-refractivity contribution >= 4 is 147 Å². The Hall–Kier alpha value is -7.61. The van der Waals surface area contributed by atoms with Crippen LogP contribution in [0.1, 0.15) is 42.2 Å². The molecular weight excluding hydrogens is 1230 g/mol. The molecule has 410 valence electrons. The zero-order chi connectivity index (χ0) is 55.4. The second kappa shape index (κ2) is 22.0. The van der Waals surface area contributed by atoms with Gasteiger partial charge in [-0.2, -0.15) is 0 Å². The monoisotopic (exact) mass is 1290 g/mol. The van der Waals surface area contributed by atoms with Crippen LogP contribution in [0.15, 0.2) is 291 Å². The van der Waals surface area contributed by atoms with Crippen LogP contribution in [-0.4, -0.2) is 32.9 Å². The lowest BCUT2D eigenvalue weighted by Gasteiger charge is -2.59. The molecule has 2 nitrogen and oxygen atoms in total. The highest BCUT2D eigenvalue weighted by molar-refractivity contribution is 9.25. The summed E-state index contributed by atoms with van der Waals surface area (Å²) >= 11 is 12.2. The van der Waals surface area contributed by atoms with E-state index in [-0.39, 0.29) is 42.3 Å². The molecule has 0 saturated heterocycles. The number of H-pyrrole nitrogens is 1. The van der Waals surface area contributed by atoms with Crippen LogP contribution in [0.25, 0.3) is 43.6 Å². The van der Waals surface area contributed by atoms with Gasteiger partial charge < -0.3 is 9.46 Å². The zero-order valence-corrected chi connectivity index (χ0v) is 50.6. The SMILES string of the molecule is BrB1c2ccccc2C2(c3ccccc31)c1ccccc1B(Br)c1ccccc12.BrB1c2ccccc2C2(c3ccccc3B(n3c4ccccc4c4ccccc43)C3C=CC=CC32)C2C=CC=CC12.C.F.[2HH].c1ccc2c(c1)[nH]c1ccccc12. The first-order valence-corrected chi connectivity index (χ1v) is 31.9. The van der Waals surface area contributed by atoms with Gasteiger partial charge in [-0.3, -0.25) is 4.70 Å². The van der Waals surface area contributed by atoms with Crippen molar-refractivity contribution in [1.82, 2.24) is 9.46 Å². The molecule has 5 unspecified atom stereocenters. The summed E-state index contributed by atoms with van der Waals surface area (Å²) in [5, 5.41) is 5.27. The van der Waals surface area contributed by atoms with E-state index in [1.165, 1.54) is 110 Å². The van der Waals surface area contributed by atoms with Gasteiger partial charge in [0.1, 0.15) is 0 Å². The molecule has 6 heterocycles. The van der Waals surface area contributed by atoms with Crippen LogP contribution in [0.5, 0.6) is 0 Å². The second-order valence-electron chi connectivity index (χ2n) is 23.1. The number of nitrogens with zero attached hydrogens (tertiary/aromatic N) is 1.